The first kappa shape index (κ1) is 17.0. The van der Waals surface area contributed by atoms with Crippen LogP contribution in [0.5, 0.6) is 5.75 Å². The van der Waals surface area contributed by atoms with Gasteiger partial charge in [0.1, 0.15) is 5.69 Å². The highest BCUT2D eigenvalue weighted by atomic mass is 16.5. The number of nitrogens with zero attached hydrogens (tertiary/aromatic N) is 3. The summed E-state index contributed by atoms with van der Waals surface area (Å²) in [7, 11) is 1.80. The number of carboxylic acid groups (broad SMARTS) is 1. The number of aliphatic carboxylic acids is 1. The third-order valence-electron chi connectivity index (χ3n) is 4.62. The molecule has 7 heteroatoms. The lowest BCUT2D eigenvalue weighted by Crippen LogP contribution is -2.45. The van der Waals surface area contributed by atoms with Gasteiger partial charge in [-0.3, -0.25) is 9.48 Å². The molecule has 0 saturated carbocycles. The zero-order chi connectivity index (χ0) is 18.1. The second kappa shape index (κ2) is 6.58. The SMILES string of the molecule is Cc1nn(C)c(C)c1OCC(=O)N1CCc2ccccc2C1C(=O)O. The molecule has 25 heavy (non-hydrogen) atoms. The van der Waals surface area contributed by atoms with Gasteiger partial charge in [-0.1, -0.05) is 24.3 Å². The van der Waals surface area contributed by atoms with Crippen LogP contribution in [0.1, 0.15) is 28.6 Å². The Kier molecular flexibility index (Phi) is 4.48. The zero-order valence-corrected chi connectivity index (χ0v) is 14.5. The number of hydrogen-bond donors (Lipinski definition) is 1. The number of carboxylic acids is 1. The van der Waals surface area contributed by atoms with Gasteiger partial charge in [-0.15, -0.1) is 0 Å². The molecule has 1 aromatic carbocycles. The van der Waals surface area contributed by atoms with Crippen molar-refractivity contribution in [3.63, 3.8) is 0 Å². The van der Waals surface area contributed by atoms with Crippen molar-refractivity contribution in [3.8, 4) is 5.75 Å². The molecule has 1 aromatic heterocycles. The molecule has 0 radical (unpaired) electrons. The van der Waals surface area contributed by atoms with E-state index >= 15 is 0 Å². The Morgan fingerprint density at radius 3 is 2.68 bits per heavy atom. The van der Waals surface area contributed by atoms with E-state index in [-0.39, 0.29) is 12.5 Å². The third-order valence-corrected chi connectivity index (χ3v) is 4.62. The maximum Gasteiger partial charge on any atom is 0.331 e. The lowest BCUT2D eigenvalue weighted by atomic mass is 9.92. The summed E-state index contributed by atoms with van der Waals surface area (Å²) in [6.45, 7) is 3.82. The predicted octanol–water partition coefficient (Wildman–Crippen LogP) is 1.63. The highest BCUT2D eigenvalue weighted by molar-refractivity contribution is 5.86. The topological polar surface area (TPSA) is 84.7 Å². The van der Waals surface area contributed by atoms with Crippen LogP contribution in [-0.4, -0.2) is 44.8 Å². The van der Waals surface area contributed by atoms with Crippen molar-refractivity contribution in [2.75, 3.05) is 13.2 Å². The first-order valence-corrected chi connectivity index (χ1v) is 8.13. The number of ether oxygens (including phenoxy) is 1. The summed E-state index contributed by atoms with van der Waals surface area (Å²) >= 11 is 0. The van der Waals surface area contributed by atoms with Gasteiger partial charge in [-0.25, -0.2) is 4.79 Å². The van der Waals surface area contributed by atoms with Gasteiger partial charge >= 0.3 is 5.97 Å². The molecular formula is C18H21N3O4. The number of benzene rings is 1. The second-order valence-corrected chi connectivity index (χ2v) is 6.19. The molecule has 0 aliphatic carbocycles. The Balaban J connectivity index is 1.78. The van der Waals surface area contributed by atoms with Crippen molar-refractivity contribution in [2.24, 2.45) is 7.05 Å². The molecular weight excluding hydrogens is 322 g/mol. The van der Waals surface area contributed by atoms with Crippen molar-refractivity contribution in [3.05, 3.63) is 46.8 Å². The molecule has 2 heterocycles. The van der Waals surface area contributed by atoms with Crippen LogP contribution in [0.15, 0.2) is 24.3 Å². The number of hydrogen-bond acceptors (Lipinski definition) is 4. The minimum absolute atomic E-state index is 0.209. The molecule has 1 aliphatic heterocycles. The minimum atomic E-state index is -1.03. The number of aromatic nitrogens is 2. The van der Waals surface area contributed by atoms with E-state index in [4.69, 9.17) is 4.74 Å². The molecule has 1 unspecified atom stereocenters. The summed E-state index contributed by atoms with van der Waals surface area (Å²) < 4.78 is 7.34. The fourth-order valence-corrected chi connectivity index (χ4v) is 3.28. The van der Waals surface area contributed by atoms with Crippen LogP contribution in [0.2, 0.25) is 0 Å². The van der Waals surface area contributed by atoms with E-state index in [9.17, 15) is 14.7 Å². The Morgan fingerprint density at radius 2 is 2.04 bits per heavy atom. The van der Waals surface area contributed by atoms with E-state index in [1.165, 1.54) is 4.90 Å². The van der Waals surface area contributed by atoms with Crippen LogP contribution in [0.25, 0.3) is 0 Å². The van der Waals surface area contributed by atoms with Crippen LogP contribution >= 0.6 is 0 Å². The summed E-state index contributed by atoms with van der Waals surface area (Å²) in [4.78, 5) is 25.8. The van der Waals surface area contributed by atoms with Crippen molar-refractivity contribution >= 4 is 11.9 Å². The van der Waals surface area contributed by atoms with Crippen molar-refractivity contribution in [1.29, 1.82) is 0 Å². The maximum atomic E-state index is 12.6. The van der Waals surface area contributed by atoms with E-state index in [1.807, 2.05) is 26.0 Å². The molecule has 1 aliphatic rings. The van der Waals surface area contributed by atoms with Crippen LogP contribution in [-0.2, 0) is 23.1 Å². The first-order chi connectivity index (χ1) is 11.9. The molecule has 0 bridgehead atoms. The first-order valence-electron chi connectivity index (χ1n) is 8.13. The summed E-state index contributed by atoms with van der Waals surface area (Å²) in [5.74, 6) is -0.807. The van der Waals surface area contributed by atoms with Gasteiger partial charge in [0.25, 0.3) is 5.91 Å². The van der Waals surface area contributed by atoms with Gasteiger partial charge in [-0.05, 0) is 31.4 Å². The molecule has 0 spiro atoms. The number of carbonyl (C=O) groups excluding carboxylic acids is 1. The Hall–Kier alpha value is -2.83. The number of fused-ring (bicyclic) bond motifs is 1. The van der Waals surface area contributed by atoms with Gasteiger partial charge < -0.3 is 14.7 Å². The quantitative estimate of drug-likeness (QED) is 0.912. The molecule has 1 amide bonds. The number of carbonyl (C=O) groups is 2. The monoisotopic (exact) mass is 343 g/mol. The summed E-state index contributed by atoms with van der Waals surface area (Å²) in [6.07, 6.45) is 0.636. The molecule has 2 aromatic rings. The number of rotatable bonds is 4. The minimum Gasteiger partial charge on any atom is -0.480 e. The average Bonchev–Trinajstić information content (AvgIpc) is 2.83. The smallest absolute Gasteiger partial charge is 0.331 e. The van der Waals surface area contributed by atoms with Crippen molar-refractivity contribution in [1.82, 2.24) is 14.7 Å². The van der Waals surface area contributed by atoms with Gasteiger partial charge in [-0.2, -0.15) is 5.10 Å². The van der Waals surface area contributed by atoms with Crippen LogP contribution in [0, 0.1) is 13.8 Å². The van der Waals surface area contributed by atoms with Crippen LogP contribution in [0.4, 0.5) is 0 Å². The molecule has 1 atom stereocenters. The van der Waals surface area contributed by atoms with E-state index in [0.29, 0.717) is 30.0 Å². The van der Waals surface area contributed by atoms with E-state index < -0.39 is 12.0 Å². The third kappa shape index (κ3) is 3.09. The molecule has 1 N–H and O–H groups in total. The highest BCUT2D eigenvalue weighted by Gasteiger charge is 2.35. The fraction of sp³-hybridized carbons (Fsp3) is 0.389. The van der Waals surface area contributed by atoms with E-state index in [0.717, 1.165) is 11.3 Å². The summed E-state index contributed by atoms with van der Waals surface area (Å²) in [6, 6.07) is 6.38. The lowest BCUT2D eigenvalue weighted by Gasteiger charge is -2.34. The largest absolute Gasteiger partial charge is 0.480 e. The summed E-state index contributed by atoms with van der Waals surface area (Å²) in [5, 5.41) is 13.9. The molecule has 0 saturated heterocycles. The lowest BCUT2D eigenvalue weighted by molar-refractivity contribution is -0.152. The van der Waals surface area contributed by atoms with Gasteiger partial charge in [0.2, 0.25) is 0 Å². The van der Waals surface area contributed by atoms with Crippen LogP contribution in [0.3, 0.4) is 0 Å². The standard InChI is InChI=1S/C18H21N3O4/c1-11-17(12(2)20(3)19-11)25-10-15(22)21-9-8-13-6-4-5-7-14(13)16(21)18(23)24/h4-7,16H,8-10H2,1-3H3,(H,23,24). The molecule has 0 fully saturated rings. The predicted molar refractivity (Wildman–Crippen MR) is 90.4 cm³/mol. The van der Waals surface area contributed by atoms with Gasteiger partial charge in [0, 0.05) is 13.6 Å². The van der Waals surface area contributed by atoms with E-state index in [2.05, 4.69) is 5.10 Å². The zero-order valence-electron chi connectivity index (χ0n) is 14.5. The normalized spacial score (nSPS) is 16.4. The maximum absolute atomic E-state index is 12.6. The summed E-state index contributed by atoms with van der Waals surface area (Å²) in [5.41, 5.74) is 3.16. The Bertz CT molecular complexity index is 828. The molecule has 7 nitrogen and oxygen atoms in total. The van der Waals surface area contributed by atoms with Gasteiger partial charge in [0.15, 0.2) is 18.4 Å². The number of aryl methyl sites for hydroxylation is 2. The van der Waals surface area contributed by atoms with Crippen LogP contribution < -0.4 is 4.74 Å². The van der Waals surface area contributed by atoms with Crippen molar-refractivity contribution in [2.45, 2.75) is 26.3 Å². The Labute approximate surface area is 145 Å². The molecule has 132 valence electrons. The molecule has 3 rings (SSSR count). The Morgan fingerprint density at radius 1 is 1.32 bits per heavy atom. The number of amides is 1. The van der Waals surface area contributed by atoms with Crippen molar-refractivity contribution < 1.29 is 19.4 Å². The fourth-order valence-electron chi connectivity index (χ4n) is 3.28. The van der Waals surface area contributed by atoms with E-state index in [1.54, 1.807) is 23.9 Å². The average molecular weight is 343 g/mol. The second-order valence-electron chi connectivity index (χ2n) is 6.19. The van der Waals surface area contributed by atoms with Gasteiger partial charge in [0.05, 0.1) is 5.69 Å². The highest BCUT2D eigenvalue weighted by Crippen LogP contribution is 2.30.